The standard InChI is InChI=1S/C21H33N3O2.HI/c1-4-25-13-11-21(9-10-21)16-23-20(22-3)24-12-14-26-19(15-24)18-8-6-5-7-17(18)2;/h5-8,19H,4,9-16H2,1-3H3,(H,22,23);1H. The zero-order valence-corrected chi connectivity index (χ0v) is 19.2. The molecule has 0 aromatic heterocycles. The van der Waals surface area contributed by atoms with Gasteiger partial charge < -0.3 is 19.7 Å². The molecule has 27 heavy (non-hydrogen) atoms. The van der Waals surface area contributed by atoms with Crippen molar-refractivity contribution in [3.8, 4) is 0 Å². The highest BCUT2D eigenvalue weighted by atomic mass is 127. The number of guanidine groups is 1. The highest BCUT2D eigenvalue weighted by molar-refractivity contribution is 14.0. The maximum absolute atomic E-state index is 6.05. The molecule has 1 aliphatic carbocycles. The van der Waals surface area contributed by atoms with E-state index in [1.807, 2.05) is 7.05 Å². The maximum atomic E-state index is 6.05. The molecule has 0 bridgehead atoms. The number of nitrogens with one attached hydrogen (secondary N) is 1. The van der Waals surface area contributed by atoms with E-state index in [2.05, 4.69) is 53.3 Å². The van der Waals surface area contributed by atoms with Gasteiger partial charge in [-0.1, -0.05) is 24.3 Å². The largest absolute Gasteiger partial charge is 0.382 e. The van der Waals surface area contributed by atoms with Gasteiger partial charge in [0.25, 0.3) is 0 Å². The molecule has 1 N–H and O–H groups in total. The Bertz CT molecular complexity index is 619. The lowest BCUT2D eigenvalue weighted by molar-refractivity contribution is -0.00841. The molecule has 6 heteroatoms. The van der Waals surface area contributed by atoms with Gasteiger partial charge in [0.1, 0.15) is 6.10 Å². The zero-order valence-electron chi connectivity index (χ0n) is 16.9. The van der Waals surface area contributed by atoms with Crippen LogP contribution in [0.5, 0.6) is 0 Å². The molecule has 1 aromatic rings. The molecule has 0 radical (unpaired) electrons. The van der Waals surface area contributed by atoms with Crippen LogP contribution in [0.4, 0.5) is 0 Å². The van der Waals surface area contributed by atoms with Gasteiger partial charge in [0.05, 0.1) is 13.2 Å². The Labute approximate surface area is 180 Å². The van der Waals surface area contributed by atoms with Crippen LogP contribution in [-0.2, 0) is 9.47 Å². The molecule has 2 aliphatic rings. The molecular formula is C21H34IN3O2. The Hall–Kier alpha value is -0.860. The van der Waals surface area contributed by atoms with Gasteiger partial charge in [0.15, 0.2) is 5.96 Å². The molecular weight excluding hydrogens is 453 g/mol. The predicted octanol–water partition coefficient (Wildman–Crippen LogP) is 3.77. The van der Waals surface area contributed by atoms with Crippen molar-refractivity contribution in [3.05, 3.63) is 35.4 Å². The van der Waals surface area contributed by atoms with Crippen LogP contribution in [0, 0.1) is 12.3 Å². The number of nitrogens with zero attached hydrogens (tertiary/aromatic N) is 2. The molecule has 0 amide bonds. The van der Waals surface area contributed by atoms with Crippen LogP contribution in [0.25, 0.3) is 0 Å². The van der Waals surface area contributed by atoms with Crippen LogP contribution < -0.4 is 5.32 Å². The minimum atomic E-state index is 0. The smallest absolute Gasteiger partial charge is 0.193 e. The average Bonchev–Trinajstić information content (AvgIpc) is 3.43. The number of morpholine rings is 1. The van der Waals surface area contributed by atoms with E-state index in [1.54, 1.807) is 0 Å². The zero-order chi connectivity index (χ0) is 18.4. The van der Waals surface area contributed by atoms with E-state index in [-0.39, 0.29) is 30.1 Å². The number of ether oxygens (including phenoxy) is 2. The van der Waals surface area contributed by atoms with E-state index in [0.29, 0.717) is 5.41 Å². The number of benzene rings is 1. The number of rotatable bonds is 7. The molecule has 1 saturated carbocycles. The van der Waals surface area contributed by atoms with Gasteiger partial charge in [-0.05, 0) is 49.7 Å². The monoisotopic (exact) mass is 487 g/mol. The molecule has 1 aliphatic heterocycles. The third-order valence-corrected chi connectivity index (χ3v) is 5.67. The van der Waals surface area contributed by atoms with Crippen LogP contribution in [0.3, 0.4) is 0 Å². The summed E-state index contributed by atoms with van der Waals surface area (Å²) in [6.45, 7) is 9.32. The first kappa shape index (κ1) is 22.4. The minimum Gasteiger partial charge on any atom is -0.382 e. The summed E-state index contributed by atoms with van der Waals surface area (Å²) in [5, 5.41) is 3.62. The molecule has 1 saturated heterocycles. The molecule has 1 unspecified atom stereocenters. The van der Waals surface area contributed by atoms with Crippen LogP contribution in [0.1, 0.15) is 43.4 Å². The first-order chi connectivity index (χ1) is 12.7. The van der Waals surface area contributed by atoms with Crippen molar-refractivity contribution in [2.45, 2.75) is 39.2 Å². The molecule has 5 nitrogen and oxygen atoms in total. The lowest BCUT2D eigenvalue weighted by atomic mass is 10.0. The first-order valence-corrected chi connectivity index (χ1v) is 9.88. The van der Waals surface area contributed by atoms with Gasteiger partial charge in [-0.25, -0.2) is 0 Å². The van der Waals surface area contributed by atoms with Crippen molar-refractivity contribution in [1.82, 2.24) is 10.2 Å². The molecule has 152 valence electrons. The molecule has 3 rings (SSSR count). The third kappa shape index (κ3) is 6.06. The summed E-state index contributed by atoms with van der Waals surface area (Å²) in [4.78, 5) is 6.87. The SMILES string of the molecule is CCOCCC1(CNC(=NC)N2CCOC(c3ccccc3C)C2)CC1.I. The van der Waals surface area contributed by atoms with Gasteiger partial charge in [-0.3, -0.25) is 4.99 Å². The van der Waals surface area contributed by atoms with E-state index in [1.165, 1.54) is 24.0 Å². The van der Waals surface area contributed by atoms with Crippen LogP contribution in [-0.4, -0.2) is 57.4 Å². The van der Waals surface area contributed by atoms with Crippen molar-refractivity contribution in [2.24, 2.45) is 10.4 Å². The summed E-state index contributed by atoms with van der Waals surface area (Å²) in [7, 11) is 1.88. The van der Waals surface area contributed by atoms with Gasteiger partial charge in [0, 0.05) is 33.4 Å². The van der Waals surface area contributed by atoms with Crippen LogP contribution >= 0.6 is 24.0 Å². The summed E-state index contributed by atoms with van der Waals surface area (Å²) in [6.07, 6.45) is 3.83. The minimum absolute atomic E-state index is 0. The Morgan fingerprint density at radius 1 is 1.37 bits per heavy atom. The Balaban J connectivity index is 0.00000261. The van der Waals surface area contributed by atoms with Crippen molar-refractivity contribution in [1.29, 1.82) is 0 Å². The predicted molar refractivity (Wildman–Crippen MR) is 121 cm³/mol. The first-order valence-electron chi connectivity index (χ1n) is 9.88. The lowest BCUT2D eigenvalue weighted by Gasteiger charge is -2.36. The average molecular weight is 487 g/mol. The fourth-order valence-corrected chi connectivity index (χ4v) is 3.70. The van der Waals surface area contributed by atoms with Crippen molar-refractivity contribution >= 4 is 29.9 Å². The van der Waals surface area contributed by atoms with Crippen molar-refractivity contribution < 1.29 is 9.47 Å². The number of aliphatic imine (C=N–C) groups is 1. The molecule has 1 atom stereocenters. The fraction of sp³-hybridized carbons (Fsp3) is 0.667. The Morgan fingerprint density at radius 2 is 2.15 bits per heavy atom. The quantitative estimate of drug-likeness (QED) is 0.275. The van der Waals surface area contributed by atoms with Crippen LogP contribution in [0.2, 0.25) is 0 Å². The molecule has 2 fully saturated rings. The second-order valence-corrected chi connectivity index (χ2v) is 7.51. The van der Waals surface area contributed by atoms with E-state index < -0.39 is 0 Å². The topological polar surface area (TPSA) is 46.1 Å². The number of halogens is 1. The number of hydrogen-bond acceptors (Lipinski definition) is 3. The second-order valence-electron chi connectivity index (χ2n) is 7.51. The Kier molecular flexibility index (Phi) is 8.82. The highest BCUT2D eigenvalue weighted by Crippen LogP contribution is 2.48. The summed E-state index contributed by atoms with van der Waals surface area (Å²) in [5.74, 6) is 0.995. The maximum Gasteiger partial charge on any atom is 0.193 e. The summed E-state index contributed by atoms with van der Waals surface area (Å²) >= 11 is 0. The Morgan fingerprint density at radius 3 is 2.81 bits per heavy atom. The molecule has 1 aromatic carbocycles. The van der Waals surface area contributed by atoms with E-state index in [9.17, 15) is 0 Å². The van der Waals surface area contributed by atoms with E-state index in [4.69, 9.17) is 9.47 Å². The third-order valence-electron chi connectivity index (χ3n) is 5.67. The van der Waals surface area contributed by atoms with Gasteiger partial charge in [-0.15, -0.1) is 24.0 Å². The van der Waals surface area contributed by atoms with Gasteiger partial charge >= 0.3 is 0 Å². The number of hydrogen-bond donors (Lipinski definition) is 1. The second kappa shape index (κ2) is 10.6. The van der Waals surface area contributed by atoms with Gasteiger partial charge in [0.2, 0.25) is 0 Å². The van der Waals surface area contributed by atoms with E-state index >= 15 is 0 Å². The fourth-order valence-electron chi connectivity index (χ4n) is 3.70. The van der Waals surface area contributed by atoms with Crippen molar-refractivity contribution in [2.75, 3.05) is 46.5 Å². The summed E-state index contributed by atoms with van der Waals surface area (Å²) in [5.41, 5.74) is 2.98. The molecule has 1 heterocycles. The number of aryl methyl sites for hydroxylation is 1. The van der Waals surface area contributed by atoms with E-state index in [0.717, 1.165) is 51.8 Å². The summed E-state index contributed by atoms with van der Waals surface area (Å²) in [6, 6.07) is 8.50. The normalized spacial score (nSPS) is 21.5. The highest BCUT2D eigenvalue weighted by Gasteiger charge is 2.42. The van der Waals surface area contributed by atoms with Crippen molar-refractivity contribution in [3.63, 3.8) is 0 Å². The van der Waals surface area contributed by atoms with Gasteiger partial charge in [-0.2, -0.15) is 0 Å². The molecule has 0 spiro atoms. The summed E-state index contributed by atoms with van der Waals surface area (Å²) < 4.78 is 11.6. The lowest BCUT2D eigenvalue weighted by Crippen LogP contribution is -2.49. The van der Waals surface area contributed by atoms with Crippen LogP contribution in [0.15, 0.2) is 29.3 Å².